The van der Waals surface area contributed by atoms with Crippen LogP contribution in [0.4, 0.5) is 11.4 Å². The molecule has 0 saturated carbocycles. The summed E-state index contributed by atoms with van der Waals surface area (Å²) in [5.41, 5.74) is 2.06. The molecule has 8 heteroatoms. The summed E-state index contributed by atoms with van der Waals surface area (Å²) in [5.74, 6) is -0.577. The van der Waals surface area contributed by atoms with E-state index < -0.39 is 17.9 Å². The molecule has 2 amide bonds. The third-order valence-electron chi connectivity index (χ3n) is 4.09. The van der Waals surface area contributed by atoms with Crippen molar-refractivity contribution in [2.75, 3.05) is 37.6 Å². The van der Waals surface area contributed by atoms with Crippen molar-refractivity contribution >= 4 is 23.2 Å². The number of hydrogen-bond donors (Lipinski definition) is 3. The Labute approximate surface area is 156 Å². The second kappa shape index (κ2) is 7.96. The fourth-order valence-corrected chi connectivity index (χ4v) is 2.54. The Kier molecular flexibility index (Phi) is 5.46. The van der Waals surface area contributed by atoms with Gasteiger partial charge in [-0.25, -0.2) is 0 Å². The number of carbonyl (C=O) groups is 2. The summed E-state index contributed by atoms with van der Waals surface area (Å²) in [7, 11) is 3.84. The monoisotopic (exact) mass is 371 g/mol. The number of benzene rings is 2. The highest BCUT2D eigenvalue weighted by Gasteiger charge is 2.18. The second-order valence-corrected chi connectivity index (χ2v) is 6.23. The van der Waals surface area contributed by atoms with Crippen molar-refractivity contribution in [1.82, 2.24) is 5.32 Å². The van der Waals surface area contributed by atoms with Crippen LogP contribution in [-0.2, 0) is 9.59 Å². The van der Waals surface area contributed by atoms with E-state index in [4.69, 9.17) is 9.47 Å². The Bertz CT molecular complexity index is 836. The van der Waals surface area contributed by atoms with Crippen molar-refractivity contribution in [1.29, 1.82) is 0 Å². The second-order valence-electron chi connectivity index (χ2n) is 6.23. The van der Waals surface area contributed by atoms with Crippen LogP contribution in [0, 0.1) is 0 Å². The molecule has 0 saturated heterocycles. The van der Waals surface area contributed by atoms with E-state index in [0.717, 1.165) is 5.69 Å². The van der Waals surface area contributed by atoms with Gasteiger partial charge in [-0.2, -0.15) is 0 Å². The van der Waals surface area contributed by atoms with Crippen molar-refractivity contribution in [2.45, 2.75) is 6.10 Å². The topological polar surface area (TPSA) is 100 Å². The Morgan fingerprint density at radius 2 is 1.78 bits per heavy atom. The molecule has 1 atom stereocenters. The molecular formula is C19H21N3O5. The first-order valence-electron chi connectivity index (χ1n) is 8.38. The number of fused-ring (bicyclic) bond motifs is 1. The van der Waals surface area contributed by atoms with Crippen molar-refractivity contribution in [3.05, 3.63) is 48.0 Å². The summed E-state index contributed by atoms with van der Waals surface area (Å²) in [4.78, 5) is 25.9. The van der Waals surface area contributed by atoms with E-state index >= 15 is 0 Å². The standard InChI is InChI=1S/C19H21N3O5/c1-22(2)14-6-3-12(4-7-14)15(23)10-20-18(24)19(25)21-13-5-8-16-17(9-13)27-11-26-16/h3-9,15,23H,10-11H2,1-2H3,(H,20,24)(H,21,25)/t15-/m0/s1. The highest BCUT2D eigenvalue weighted by atomic mass is 16.7. The molecule has 0 aromatic heterocycles. The van der Waals surface area contributed by atoms with Crippen molar-refractivity contribution in [3.63, 3.8) is 0 Å². The lowest BCUT2D eigenvalue weighted by Gasteiger charge is -2.15. The van der Waals surface area contributed by atoms with Gasteiger partial charge in [0.2, 0.25) is 6.79 Å². The SMILES string of the molecule is CN(C)c1ccc([C@@H](O)CNC(=O)C(=O)Nc2ccc3c(c2)OCO3)cc1. The van der Waals surface area contributed by atoms with E-state index in [9.17, 15) is 14.7 Å². The molecule has 0 aliphatic carbocycles. The third-order valence-corrected chi connectivity index (χ3v) is 4.09. The number of rotatable bonds is 5. The van der Waals surface area contributed by atoms with Crippen LogP contribution in [0.2, 0.25) is 0 Å². The maximum atomic E-state index is 12.0. The first-order chi connectivity index (χ1) is 12.9. The minimum absolute atomic E-state index is 0.0747. The molecule has 2 aromatic carbocycles. The van der Waals surface area contributed by atoms with E-state index in [0.29, 0.717) is 22.7 Å². The zero-order valence-corrected chi connectivity index (χ0v) is 15.1. The number of hydrogen-bond acceptors (Lipinski definition) is 6. The summed E-state index contributed by atoms with van der Waals surface area (Å²) in [5, 5.41) is 15.1. The predicted molar refractivity (Wildman–Crippen MR) is 99.9 cm³/mol. The predicted octanol–water partition coefficient (Wildman–Crippen LogP) is 1.27. The quantitative estimate of drug-likeness (QED) is 0.685. The number of nitrogens with one attached hydrogen (secondary N) is 2. The molecule has 0 radical (unpaired) electrons. The number of carbonyl (C=O) groups excluding carboxylic acids is 2. The Morgan fingerprint density at radius 1 is 1.07 bits per heavy atom. The summed E-state index contributed by atoms with van der Waals surface area (Å²) in [6, 6.07) is 12.1. The van der Waals surface area contributed by atoms with Crippen LogP contribution in [0.3, 0.4) is 0 Å². The molecule has 1 aliphatic heterocycles. The summed E-state index contributed by atoms with van der Waals surface area (Å²) < 4.78 is 10.4. The number of anilines is 2. The summed E-state index contributed by atoms with van der Waals surface area (Å²) >= 11 is 0. The van der Waals surface area contributed by atoms with Gasteiger partial charge in [-0.15, -0.1) is 0 Å². The first kappa shape index (κ1) is 18.5. The maximum absolute atomic E-state index is 12.0. The fraction of sp³-hybridized carbons (Fsp3) is 0.263. The number of amides is 2. The molecule has 0 bridgehead atoms. The van der Waals surface area contributed by atoms with E-state index in [2.05, 4.69) is 10.6 Å². The van der Waals surface area contributed by atoms with Crippen LogP contribution in [0.5, 0.6) is 11.5 Å². The normalized spacial score (nSPS) is 13.0. The minimum Gasteiger partial charge on any atom is -0.454 e. The van der Waals surface area contributed by atoms with Crippen LogP contribution < -0.4 is 25.0 Å². The van der Waals surface area contributed by atoms with E-state index in [-0.39, 0.29) is 13.3 Å². The van der Waals surface area contributed by atoms with Gasteiger partial charge < -0.3 is 30.1 Å². The van der Waals surface area contributed by atoms with Gasteiger partial charge in [0, 0.05) is 38.1 Å². The van der Waals surface area contributed by atoms with Crippen LogP contribution >= 0.6 is 0 Å². The molecule has 1 heterocycles. The highest BCUT2D eigenvalue weighted by molar-refractivity contribution is 6.39. The van der Waals surface area contributed by atoms with Gasteiger partial charge in [-0.3, -0.25) is 9.59 Å². The Morgan fingerprint density at radius 3 is 2.48 bits per heavy atom. The average Bonchev–Trinajstić information content (AvgIpc) is 3.13. The maximum Gasteiger partial charge on any atom is 0.313 e. The van der Waals surface area contributed by atoms with Gasteiger partial charge in [-0.05, 0) is 29.8 Å². The van der Waals surface area contributed by atoms with Gasteiger partial charge in [-0.1, -0.05) is 12.1 Å². The first-order valence-corrected chi connectivity index (χ1v) is 8.38. The summed E-state index contributed by atoms with van der Waals surface area (Å²) in [6.07, 6.45) is -0.913. The van der Waals surface area contributed by atoms with Gasteiger partial charge in [0.05, 0.1) is 6.10 Å². The Hall–Kier alpha value is -3.26. The van der Waals surface area contributed by atoms with Gasteiger partial charge in [0.15, 0.2) is 11.5 Å². The molecule has 0 unspecified atom stereocenters. The van der Waals surface area contributed by atoms with Crippen molar-refractivity contribution < 1.29 is 24.2 Å². The van der Waals surface area contributed by atoms with E-state index in [1.807, 2.05) is 31.1 Å². The zero-order chi connectivity index (χ0) is 19.4. The summed E-state index contributed by atoms with van der Waals surface area (Å²) in [6.45, 7) is 0.0509. The van der Waals surface area contributed by atoms with Crippen LogP contribution in [0.15, 0.2) is 42.5 Å². The molecule has 2 aromatic rings. The molecule has 27 heavy (non-hydrogen) atoms. The van der Waals surface area contributed by atoms with Gasteiger partial charge >= 0.3 is 11.8 Å². The molecule has 0 fully saturated rings. The molecule has 1 aliphatic rings. The van der Waals surface area contributed by atoms with Gasteiger partial charge in [0.25, 0.3) is 0 Å². The smallest absolute Gasteiger partial charge is 0.313 e. The number of aliphatic hydroxyl groups excluding tert-OH is 1. The zero-order valence-electron chi connectivity index (χ0n) is 15.1. The van der Waals surface area contributed by atoms with Crippen molar-refractivity contribution in [3.8, 4) is 11.5 Å². The number of nitrogens with zero attached hydrogens (tertiary/aromatic N) is 1. The lowest BCUT2D eigenvalue weighted by molar-refractivity contribution is -0.136. The van der Waals surface area contributed by atoms with Crippen LogP contribution in [0.1, 0.15) is 11.7 Å². The molecular weight excluding hydrogens is 350 g/mol. The third kappa shape index (κ3) is 4.48. The molecule has 142 valence electrons. The van der Waals surface area contributed by atoms with Crippen LogP contribution in [0.25, 0.3) is 0 Å². The highest BCUT2D eigenvalue weighted by Crippen LogP contribution is 2.34. The number of ether oxygens (including phenoxy) is 2. The lowest BCUT2D eigenvalue weighted by atomic mass is 10.1. The van der Waals surface area contributed by atoms with Gasteiger partial charge in [0.1, 0.15) is 0 Å². The molecule has 3 N–H and O–H groups in total. The largest absolute Gasteiger partial charge is 0.454 e. The molecule has 8 nitrogen and oxygen atoms in total. The lowest BCUT2D eigenvalue weighted by Crippen LogP contribution is -2.37. The minimum atomic E-state index is -0.913. The van der Waals surface area contributed by atoms with Crippen LogP contribution in [-0.4, -0.2) is 44.4 Å². The fourth-order valence-electron chi connectivity index (χ4n) is 2.54. The van der Waals surface area contributed by atoms with E-state index in [1.165, 1.54) is 0 Å². The molecule has 3 rings (SSSR count). The Balaban J connectivity index is 1.51. The van der Waals surface area contributed by atoms with Crippen molar-refractivity contribution in [2.24, 2.45) is 0 Å². The molecule has 0 spiro atoms. The average molecular weight is 371 g/mol. The number of aliphatic hydroxyl groups is 1. The van der Waals surface area contributed by atoms with E-state index in [1.54, 1.807) is 30.3 Å².